The summed E-state index contributed by atoms with van der Waals surface area (Å²) >= 11 is 0. The van der Waals surface area contributed by atoms with Crippen LogP contribution in [0.3, 0.4) is 0 Å². The molecule has 1 heterocycles. The first-order valence-corrected chi connectivity index (χ1v) is 7.14. The van der Waals surface area contributed by atoms with Crippen LogP contribution < -0.4 is 5.32 Å². The minimum atomic E-state index is -0.455. The maximum absolute atomic E-state index is 12.2. The second-order valence-corrected chi connectivity index (χ2v) is 5.04. The van der Waals surface area contributed by atoms with E-state index in [0.717, 1.165) is 5.56 Å². The Kier molecular flexibility index (Phi) is 5.24. The van der Waals surface area contributed by atoms with Crippen LogP contribution in [0.4, 0.5) is 0 Å². The highest BCUT2D eigenvalue weighted by Crippen LogP contribution is 2.11. The average Bonchev–Trinajstić information content (AvgIpc) is 2.97. The van der Waals surface area contributed by atoms with E-state index in [1.54, 1.807) is 0 Å². The van der Waals surface area contributed by atoms with E-state index in [1.165, 1.54) is 4.80 Å². The lowest BCUT2D eigenvalue weighted by Crippen LogP contribution is -2.37. The van der Waals surface area contributed by atoms with Gasteiger partial charge < -0.3 is 15.5 Å². The lowest BCUT2D eigenvalue weighted by atomic mass is 10.2. The summed E-state index contributed by atoms with van der Waals surface area (Å²) in [5, 5.41) is 29.5. The Hall–Kier alpha value is -2.25. The Morgan fingerprint density at radius 2 is 1.95 bits per heavy atom. The molecule has 0 aliphatic rings. The van der Waals surface area contributed by atoms with Gasteiger partial charge in [0.25, 0.3) is 5.91 Å². The summed E-state index contributed by atoms with van der Waals surface area (Å²) in [6.45, 7) is 3.29. The van der Waals surface area contributed by atoms with E-state index in [2.05, 4.69) is 15.5 Å². The maximum atomic E-state index is 12.2. The van der Waals surface area contributed by atoms with Gasteiger partial charge >= 0.3 is 0 Å². The van der Waals surface area contributed by atoms with E-state index in [0.29, 0.717) is 12.1 Å². The minimum Gasteiger partial charge on any atom is -0.394 e. The molecule has 1 unspecified atom stereocenters. The monoisotopic (exact) mass is 304 g/mol. The van der Waals surface area contributed by atoms with Gasteiger partial charge in [-0.25, -0.2) is 0 Å². The number of carbonyl (C=O) groups is 1. The number of nitrogens with zero attached hydrogens (tertiary/aromatic N) is 3. The molecule has 0 spiro atoms. The molecule has 0 saturated heterocycles. The van der Waals surface area contributed by atoms with Gasteiger partial charge in [0.2, 0.25) is 0 Å². The molecule has 0 radical (unpaired) electrons. The van der Waals surface area contributed by atoms with E-state index in [-0.39, 0.29) is 30.6 Å². The van der Waals surface area contributed by atoms with E-state index in [9.17, 15) is 9.90 Å². The van der Waals surface area contributed by atoms with Gasteiger partial charge in [-0.2, -0.15) is 4.80 Å². The highest BCUT2D eigenvalue weighted by Gasteiger charge is 2.20. The number of benzene rings is 1. The van der Waals surface area contributed by atoms with E-state index >= 15 is 0 Å². The summed E-state index contributed by atoms with van der Waals surface area (Å²) in [5.41, 5.74) is 2.07. The molecule has 2 aromatic rings. The summed E-state index contributed by atoms with van der Waals surface area (Å²) in [4.78, 5) is 13.5. The molecule has 0 aliphatic carbocycles. The zero-order chi connectivity index (χ0) is 16.1. The summed E-state index contributed by atoms with van der Waals surface area (Å²) in [7, 11) is 0. The standard InChI is InChI=1S/C15H20N4O3/c1-3-11(8-20)16-15(22)14-13(9-21)17-19(18-14)12-6-4-10(2)5-7-12/h4-7,11,20-21H,3,8-9H2,1-2H3,(H,16,22). The number of nitrogens with one attached hydrogen (secondary N) is 1. The van der Waals surface area contributed by atoms with Crippen LogP contribution in [0, 0.1) is 6.92 Å². The van der Waals surface area contributed by atoms with Crippen LogP contribution in [0.2, 0.25) is 0 Å². The Bertz CT molecular complexity index is 633. The van der Waals surface area contributed by atoms with Crippen molar-refractivity contribution in [3.05, 3.63) is 41.2 Å². The molecular weight excluding hydrogens is 284 g/mol. The molecule has 2 rings (SSSR count). The zero-order valence-electron chi connectivity index (χ0n) is 12.7. The lowest BCUT2D eigenvalue weighted by Gasteiger charge is -2.12. The molecule has 3 N–H and O–H groups in total. The zero-order valence-corrected chi connectivity index (χ0v) is 12.7. The third-order valence-corrected chi connectivity index (χ3v) is 3.36. The fourth-order valence-electron chi connectivity index (χ4n) is 1.94. The Labute approximate surface area is 128 Å². The predicted molar refractivity (Wildman–Crippen MR) is 80.6 cm³/mol. The topological polar surface area (TPSA) is 100 Å². The van der Waals surface area contributed by atoms with Gasteiger partial charge in [0.1, 0.15) is 5.69 Å². The number of amides is 1. The van der Waals surface area contributed by atoms with Crippen molar-refractivity contribution in [2.75, 3.05) is 6.61 Å². The summed E-state index contributed by atoms with van der Waals surface area (Å²) in [6.07, 6.45) is 0.600. The maximum Gasteiger partial charge on any atom is 0.274 e. The SMILES string of the molecule is CCC(CO)NC(=O)c1nn(-c2ccc(C)cc2)nc1CO. The molecule has 0 fully saturated rings. The lowest BCUT2D eigenvalue weighted by molar-refractivity contribution is 0.0906. The van der Waals surface area contributed by atoms with Crippen molar-refractivity contribution >= 4 is 5.91 Å². The molecular formula is C15H20N4O3. The fraction of sp³-hybridized carbons (Fsp3) is 0.400. The highest BCUT2D eigenvalue weighted by molar-refractivity contribution is 5.93. The minimum absolute atomic E-state index is 0.0648. The van der Waals surface area contributed by atoms with Crippen LogP contribution in [0.5, 0.6) is 0 Å². The van der Waals surface area contributed by atoms with Gasteiger partial charge in [0.05, 0.1) is 24.9 Å². The normalized spacial score (nSPS) is 12.2. The van der Waals surface area contributed by atoms with Crippen LogP contribution in [0.15, 0.2) is 24.3 Å². The highest BCUT2D eigenvalue weighted by atomic mass is 16.3. The van der Waals surface area contributed by atoms with Crippen LogP contribution >= 0.6 is 0 Å². The molecule has 1 atom stereocenters. The summed E-state index contributed by atoms with van der Waals surface area (Å²) in [6, 6.07) is 7.15. The van der Waals surface area contributed by atoms with Gasteiger partial charge in [-0.05, 0) is 25.5 Å². The number of hydrogen-bond acceptors (Lipinski definition) is 5. The fourth-order valence-corrected chi connectivity index (χ4v) is 1.94. The molecule has 0 aliphatic heterocycles. The predicted octanol–water partition coefficient (Wildman–Crippen LogP) is 0.569. The van der Waals surface area contributed by atoms with Crippen molar-refractivity contribution in [3.63, 3.8) is 0 Å². The quantitative estimate of drug-likeness (QED) is 0.724. The molecule has 0 saturated carbocycles. The van der Waals surface area contributed by atoms with Crippen LogP contribution in [0.25, 0.3) is 5.69 Å². The number of aliphatic hydroxyl groups excluding tert-OH is 2. The smallest absolute Gasteiger partial charge is 0.274 e. The number of carbonyl (C=O) groups excluding carboxylic acids is 1. The Balaban J connectivity index is 2.28. The number of hydrogen-bond donors (Lipinski definition) is 3. The Morgan fingerprint density at radius 1 is 1.27 bits per heavy atom. The molecule has 1 amide bonds. The number of aryl methyl sites for hydroxylation is 1. The largest absolute Gasteiger partial charge is 0.394 e. The second kappa shape index (κ2) is 7.15. The second-order valence-electron chi connectivity index (χ2n) is 5.04. The van der Waals surface area contributed by atoms with Crippen molar-refractivity contribution in [1.82, 2.24) is 20.3 Å². The third kappa shape index (κ3) is 3.49. The molecule has 0 bridgehead atoms. The molecule has 7 heteroatoms. The van der Waals surface area contributed by atoms with Crippen LogP contribution in [0.1, 0.15) is 35.1 Å². The molecule has 22 heavy (non-hydrogen) atoms. The number of aromatic nitrogens is 3. The van der Waals surface area contributed by atoms with Crippen molar-refractivity contribution < 1.29 is 15.0 Å². The van der Waals surface area contributed by atoms with Crippen molar-refractivity contribution in [3.8, 4) is 5.69 Å². The average molecular weight is 304 g/mol. The van der Waals surface area contributed by atoms with Crippen LogP contribution in [-0.2, 0) is 6.61 Å². The van der Waals surface area contributed by atoms with Gasteiger partial charge in [-0.15, -0.1) is 10.2 Å². The van der Waals surface area contributed by atoms with E-state index in [1.807, 2.05) is 38.1 Å². The van der Waals surface area contributed by atoms with Crippen LogP contribution in [-0.4, -0.2) is 43.8 Å². The van der Waals surface area contributed by atoms with E-state index in [4.69, 9.17) is 5.11 Å². The third-order valence-electron chi connectivity index (χ3n) is 3.36. The summed E-state index contributed by atoms with van der Waals surface area (Å²) in [5.74, 6) is -0.455. The molecule has 1 aromatic heterocycles. The van der Waals surface area contributed by atoms with Crippen molar-refractivity contribution in [2.24, 2.45) is 0 Å². The first-order chi connectivity index (χ1) is 10.6. The van der Waals surface area contributed by atoms with Gasteiger partial charge in [-0.1, -0.05) is 24.6 Å². The van der Waals surface area contributed by atoms with Gasteiger partial charge in [0.15, 0.2) is 5.69 Å². The van der Waals surface area contributed by atoms with Gasteiger partial charge in [-0.3, -0.25) is 4.79 Å². The van der Waals surface area contributed by atoms with Crippen molar-refractivity contribution in [2.45, 2.75) is 32.9 Å². The molecule has 1 aromatic carbocycles. The van der Waals surface area contributed by atoms with Gasteiger partial charge in [0, 0.05) is 0 Å². The first-order valence-electron chi connectivity index (χ1n) is 7.14. The van der Waals surface area contributed by atoms with E-state index < -0.39 is 5.91 Å². The summed E-state index contributed by atoms with van der Waals surface area (Å²) < 4.78 is 0. The first kappa shape index (κ1) is 16.1. The molecule has 7 nitrogen and oxygen atoms in total. The number of rotatable bonds is 6. The molecule has 118 valence electrons. The Morgan fingerprint density at radius 3 is 2.50 bits per heavy atom. The number of aliphatic hydroxyl groups is 2. The van der Waals surface area contributed by atoms with Crippen molar-refractivity contribution in [1.29, 1.82) is 0 Å².